The molecule has 1 saturated carbocycles. The van der Waals surface area contributed by atoms with Gasteiger partial charge in [-0.05, 0) is 58.2 Å². The molecule has 0 radical (unpaired) electrons. The van der Waals surface area contributed by atoms with E-state index < -0.39 is 5.97 Å². The second-order valence-electron chi connectivity index (χ2n) is 7.53. The predicted octanol–water partition coefficient (Wildman–Crippen LogP) is 0.571. The van der Waals surface area contributed by atoms with Crippen LogP contribution in [0, 0.1) is 0 Å². The summed E-state index contributed by atoms with van der Waals surface area (Å²) in [5, 5.41) is 17.7. The lowest BCUT2D eigenvalue weighted by atomic mass is 9.90. The molecule has 3 aliphatic rings. The first kappa shape index (κ1) is 16.8. The first-order valence-electron chi connectivity index (χ1n) is 9.14. The number of hydrogen-bond acceptors (Lipinski definition) is 6. The topological polar surface area (TPSA) is 77.0 Å². The molecule has 0 bridgehead atoms. The number of thiophene rings is 1. The Balaban J connectivity index is 1.63. The number of hydrogen-bond donors (Lipinski definition) is 3. The van der Waals surface area contributed by atoms with Gasteiger partial charge in [-0.1, -0.05) is 0 Å². The number of aliphatic carboxylic acids is 1. The lowest BCUT2D eigenvalue weighted by Gasteiger charge is -2.34. The Bertz CT molecular complexity index is 793. The molecule has 1 aromatic rings. The largest absolute Gasteiger partial charge is 0.481 e. The molecule has 0 saturated heterocycles. The van der Waals surface area contributed by atoms with Crippen LogP contribution in [0.5, 0.6) is 0 Å². The smallest absolute Gasteiger partial charge is 0.311 e. The first-order valence-corrected chi connectivity index (χ1v) is 9.96. The summed E-state index contributed by atoms with van der Waals surface area (Å²) in [5.41, 5.74) is 1.01. The van der Waals surface area contributed by atoms with Crippen molar-refractivity contribution in [2.75, 3.05) is 20.8 Å². The highest BCUT2D eigenvalue weighted by atomic mass is 32.1. The van der Waals surface area contributed by atoms with Gasteiger partial charge in [-0.25, -0.2) is 0 Å². The van der Waals surface area contributed by atoms with Gasteiger partial charge < -0.3 is 20.6 Å². The first-order chi connectivity index (χ1) is 12.0. The number of carboxylic acid groups (broad SMARTS) is 1. The van der Waals surface area contributed by atoms with E-state index in [-0.39, 0.29) is 5.92 Å². The molecule has 0 amide bonds. The second kappa shape index (κ2) is 6.61. The summed E-state index contributed by atoms with van der Waals surface area (Å²) in [4.78, 5) is 19.8. The van der Waals surface area contributed by atoms with E-state index in [4.69, 9.17) is 0 Å². The van der Waals surface area contributed by atoms with Crippen LogP contribution in [-0.4, -0.2) is 48.8 Å². The number of carboxylic acids is 1. The van der Waals surface area contributed by atoms with Gasteiger partial charge in [-0.2, -0.15) is 0 Å². The quantitative estimate of drug-likeness (QED) is 0.730. The van der Waals surface area contributed by atoms with Crippen molar-refractivity contribution in [2.45, 2.75) is 56.5 Å². The van der Waals surface area contributed by atoms with Crippen LogP contribution in [0.4, 0.5) is 0 Å². The molecule has 0 aromatic carbocycles. The van der Waals surface area contributed by atoms with Crippen LogP contribution >= 0.6 is 11.3 Å². The van der Waals surface area contributed by atoms with E-state index >= 15 is 0 Å². The van der Waals surface area contributed by atoms with Gasteiger partial charge in [0.05, 0.1) is 11.1 Å². The summed E-state index contributed by atoms with van der Waals surface area (Å²) in [7, 11) is 4.31. The van der Waals surface area contributed by atoms with Crippen LogP contribution in [0.25, 0.3) is 5.82 Å². The molecular weight excluding hydrogens is 336 g/mol. The molecule has 1 atom stereocenters. The number of nitrogens with zero attached hydrogens (tertiary/aromatic N) is 2. The lowest BCUT2D eigenvalue weighted by Crippen LogP contribution is -2.47. The third-order valence-electron chi connectivity index (χ3n) is 5.81. The van der Waals surface area contributed by atoms with Crippen LogP contribution in [0.15, 0.2) is 4.99 Å². The van der Waals surface area contributed by atoms with Crippen LogP contribution in [0.3, 0.4) is 0 Å². The van der Waals surface area contributed by atoms with E-state index in [0.717, 1.165) is 40.5 Å². The van der Waals surface area contributed by atoms with Gasteiger partial charge in [0.1, 0.15) is 17.2 Å². The minimum Gasteiger partial charge on any atom is -0.481 e. The molecular formula is C18H26N4O2S. The minimum atomic E-state index is -0.712. The molecule has 1 aliphatic heterocycles. The lowest BCUT2D eigenvalue weighted by molar-refractivity contribution is -0.138. The molecule has 1 aromatic heterocycles. The maximum absolute atomic E-state index is 11.7. The summed E-state index contributed by atoms with van der Waals surface area (Å²) in [6.07, 6.45) is 6.28. The van der Waals surface area contributed by atoms with Gasteiger partial charge in [0.25, 0.3) is 0 Å². The van der Waals surface area contributed by atoms with E-state index in [1.165, 1.54) is 17.7 Å². The Hall–Kier alpha value is -1.60. The van der Waals surface area contributed by atoms with Crippen molar-refractivity contribution in [3.8, 4) is 0 Å². The van der Waals surface area contributed by atoms with Gasteiger partial charge in [0.2, 0.25) is 0 Å². The van der Waals surface area contributed by atoms with Crippen LogP contribution in [-0.2, 0) is 11.2 Å². The van der Waals surface area contributed by atoms with Crippen molar-refractivity contribution in [1.82, 2.24) is 15.5 Å². The van der Waals surface area contributed by atoms with Gasteiger partial charge in [-0.3, -0.25) is 9.79 Å². The molecule has 25 heavy (non-hydrogen) atoms. The van der Waals surface area contributed by atoms with Crippen molar-refractivity contribution in [1.29, 1.82) is 0 Å². The number of fused-ring (bicyclic) bond motifs is 3. The monoisotopic (exact) mass is 362 g/mol. The molecule has 7 heteroatoms. The van der Waals surface area contributed by atoms with E-state index in [1.54, 1.807) is 11.3 Å². The van der Waals surface area contributed by atoms with Crippen molar-refractivity contribution in [3.05, 3.63) is 20.3 Å². The molecule has 2 heterocycles. The van der Waals surface area contributed by atoms with E-state index in [9.17, 15) is 9.90 Å². The summed E-state index contributed by atoms with van der Waals surface area (Å²) in [6.45, 7) is 0.569. The minimum absolute atomic E-state index is 0.383. The summed E-state index contributed by atoms with van der Waals surface area (Å²) in [6, 6.07) is 1.12. The van der Waals surface area contributed by atoms with Gasteiger partial charge in [-0.15, -0.1) is 11.3 Å². The molecule has 3 N–H and O–H groups in total. The maximum Gasteiger partial charge on any atom is 0.311 e. The highest BCUT2D eigenvalue weighted by Gasteiger charge is 2.33. The zero-order chi connectivity index (χ0) is 17.6. The molecule has 0 spiro atoms. The average Bonchev–Trinajstić information content (AvgIpc) is 3.14. The summed E-state index contributed by atoms with van der Waals surface area (Å²) >= 11 is 1.68. The van der Waals surface area contributed by atoms with Crippen molar-refractivity contribution >= 4 is 23.1 Å². The third-order valence-corrected chi connectivity index (χ3v) is 7.01. The fraction of sp³-hybridized carbons (Fsp3) is 0.667. The highest BCUT2D eigenvalue weighted by Crippen LogP contribution is 2.33. The molecule has 4 rings (SSSR count). The van der Waals surface area contributed by atoms with Crippen LogP contribution in [0.2, 0.25) is 0 Å². The van der Waals surface area contributed by atoms with Crippen LogP contribution in [0.1, 0.15) is 48.5 Å². The Morgan fingerprint density at radius 3 is 2.72 bits per heavy atom. The molecule has 1 fully saturated rings. The zero-order valence-corrected chi connectivity index (χ0v) is 15.7. The maximum atomic E-state index is 11.7. The van der Waals surface area contributed by atoms with Crippen molar-refractivity contribution < 1.29 is 9.90 Å². The highest BCUT2D eigenvalue weighted by molar-refractivity contribution is 7.09. The summed E-state index contributed by atoms with van der Waals surface area (Å²) in [5.74, 6) is -0.0916. The number of rotatable bonds is 4. The molecule has 1 unspecified atom stereocenters. The SMILES string of the molecule is CN(C)C1CCC(NC2=c3c4c(sc3=NCN2)CCC4C(=O)O)CC1. The Morgan fingerprint density at radius 2 is 2.04 bits per heavy atom. The Labute approximate surface area is 151 Å². The second-order valence-corrected chi connectivity index (χ2v) is 8.61. The van der Waals surface area contributed by atoms with Crippen LogP contribution < -0.4 is 20.5 Å². The predicted molar refractivity (Wildman–Crippen MR) is 98.1 cm³/mol. The average molecular weight is 362 g/mol. The Morgan fingerprint density at radius 1 is 1.28 bits per heavy atom. The van der Waals surface area contributed by atoms with E-state index in [1.807, 2.05) is 0 Å². The van der Waals surface area contributed by atoms with Gasteiger partial charge in [0.15, 0.2) is 0 Å². The van der Waals surface area contributed by atoms with E-state index in [2.05, 4.69) is 34.6 Å². The third kappa shape index (κ3) is 3.04. The van der Waals surface area contributed by atoms with Gasteiger partial charge >= 0.3 is 5.97 Å². The molecule has 2 aliphatic carbocycles. The fourth-order valence-corrected chi connectivity index (χ4v) is 5.64. The normalized spacial score (nSPS) is 28.1. The van der Waals surface area contributed by atoms with Crippen molar-refractivity contribution in [2.24, 2.45) is 4.99 Å². The summed E-state index contributed by atoms with van der Waals surface area (Å²) < 4.78 is 0.999. The van der Waals surface area contributed by atoms with E-state index in [0.29, 0.717) is 25.2 Å². The zero-order valence-electron chi connectivity index (χ0n) is 14.8. The number of aryl methyl sites for hydroxylation is 1. The molecule has 6 nitrogen and oxygen atoms in total. The van der Waals surface area contributed by atoms with Gasteiger partial charge in [0, 0.05) is 17.0 Å². The molecule has 136 valence electrons. The number of carbonyl (C=O) groups is 1. The number of nitrogens with one attached hydrogen (secondary N) is 2. The Kier molecular flexibility index (Phi) is 4.45. The fourth-order valence-electron chi connectivity index (χ4n) is 4.39. The van der Waals surface area contributed by atoms with Crippen molar-refractivity contribution in [3.63, 3.8) is 0 Å². The standard InChI is InChI=1S/C18H26N4O2S/c1-22(2)11-5-3-10(4-6-11)21-16-15-14-12(18(23)24)7-8-13(14)25-17(15)20-9-19-16/h10-12,19,21H,3-9H2,1-2H3,(H,23,24).